The Bertz CT molecular complexity index is 221. The molecule has 12 heavy (non-hydrogen) atoms. The zero-order chi connectivity index (χ0) is 9.40. The molecule has 0 bridgehead atoms. The largest absolute Gasteiger partial charge is 0.400 e. The maximum atomic E-state index is 10.4. The molecule has 1 aromatic rings. The lowest BCUT2D eigenvalue weighted by Crippen LogP contribution is -2.13. The summed E-state index contributed by atoms with van der Waals surface area (Å²) in [6.07, 6.45) is 0.334. The average molecular weight is 167 g/mol. The number of nitrogens with two attached hydrogens (primary N) is 1. The second kappa shape index (κ2) is 6.37. The van der Waals surface area contributed by atoms with Crippen molar-refractivity contribution < 1.29 is 9.90 Å². The summed E-state index contributed by atoms with van der Waals surface area (Å²) in [7, 11) is 1.00. The van der Waals surface area contributed by atoms with E-state index >= 15 is 0 Å². The Morgan fingerprint density at radius 3 is 2.25 bits per heavy atom. The van der Waals surface area contributed by atoms with E-state index in [0.29, 0.717) is 6.42 Å². The molecular weight excluding hydrogens is 154 g/mol. The Morgan fingerprint density at radius 1 is 1.33 bits per heavy atom. The van der Waals surface area contributed by atoms with E-state index in [9.17, 15) is 4.79 Å². The van der Waals surface area contributed by atoms with Gasteiger partial charge in [0.25, 0.3) is 0 Å². The first kappa shape index (κ1) is 10.7. The number of rotatable bonds is 2. The summed E-state index contributed by atoms with van der Waals surface area (Å²) < 4.78 is 0. The molecule has 3 heteroatoms. The normalized spacial score (nSPS) is 8.17. The number of aliphatic hydroxyl groups is 1. The fourth-order valence-electron chi connectivity index (χ4n) is 0.797. The number of primary amides is 1. The first-order valence-electron chi connectivity index (χ1n) is 3.56. The number of aliphatic hydroxyl groups excluding tert-OH is 1. The maximum Gasteiger partial charge on any atom is 0.221 e. The third-order valence-corrected chi connectivity index (χ3v) is 1.22. The van der Waals surface area contributed by atoms with E-state index in [1.54, 1.807) is 0 Å². The fourth-order valence-corrected chi connectivity index (χ4v) is 0.797. The van der Waals surface area contributed by atoms with E-state index in [1.165, 1.54) is 0 Å². The Hall–Kier alpha value is -1.35. The van der Waals surface area contributed by atoms with Crippen molar-refractivity contribution >= 4 is 5.91 Å². The second-order valence-electron chi connectivity index (χ2n) is 2.13. The van der Waals surface area contributed by atoms with Crippen molar-refractivity contribution in [2.45, 2.75) is 6.42 Å². The SMILES string of the molecule is CO.NC(=O)Cc1ccccc1. The minimum atomic E-state index is -0.286. The minimum absolute atomic E-state index is 0.286. The van der Waals surface area contributed by atoms with Gasteiger partial charge in [0.2, 0.25) is 5.91 Å². The highest BCUT2D eigenvalue weighted by Gasteiger charge is 1.94. The molecule has 1 aromatic carbocycles. The summed E-state index contributed by atoms with van der Waals surface area (Å²) >= 11 is 0. The molecule has 0 radical (unpaired) electrons. The number of hydrogen-bond donors (Lipinski definition) is 2. The molecule has 0 aromatic heterocycles. The molecule has 1 amide bonds. The van der Waals surface area contributed by atoms with Crippen LogP contribution < -0.4 is 5.73 Å². The summed E-state index contributed by atoms with van der Waals surface area (Å²) in [6.45, 7) is 0. The number of benzene rings is 1. The highest BCUT2D eigenvalue weighted by molar-refractivity contribution is 5.76. The molecule has 3 nitrogen and oxygen atoms in total. The summed E-state index contributed by atoms with van der Waals surface area (Å²) in [5.41, 5.74) is 5.95. The monoisotopic (exact) mass is 167 g/mol. The van der Waals surface area contributed by atoms with Gasteiger partial charge < -0.3 is 10.8 Å². The van der Waals surface area contributed by atoms with Crippen LogP contribution in [0.5, 0.6) is 0 Å². The van der Waals surface area contributed by atoms with E-state index in [1.807, 2.05) is 30.3 Å². The molecule has 0 heterocycles. The summed E-state index contributed by atoms with van der Waals surface area (Å²) in [5, 5.41) is 7.00. The van der Waals surface area contributed by atoms with Crippen LogP contribution in [0, 0.1) is 0 Å². The van der Waals surface area contributed by atoms with E-state index in [4.69, 9.17) is 10.8 Å². The van der Waals surface area contributed by atoms with Crippen molar-refractivity contribution in [1.29, 1.82) is 0 Å². The molecule has 0 unspecified atom stereocenters. The molecule has 1 rings (SSSR count). The second-order valence-corrected chi connectivity index (χ2v) is 2.13. The predicted molar refractivity (Wildman–Crippen MR) is 47.5 cm³/mol. The zero-order valence-electron chi connectivity index (χ0n) is 7.03. The van der Waals surface area contributed by atoms with Crippen molar-refractivity contribution in [3.63, 3.8) is 0 Å². The number of carbonyl (C=O) groups is 1. The molecule has 0 aliphatic heterocycles. The smallest absolute Gasteiger partial charge is 0.221 e. The first-order valence-corrected chi connectivity index (χ1v) is 3.56. The molecule has 3 N–H and O–H groups in total. The summed E-state index contributed by atoms with van der Waals surface area (Å²) in [4.78, 5) is 10.4. The van der Waals surface area contributed by atoms with Gasteiger partial charge in [-0.2, -0.15) is 0 Å². The van der Waals surface area contributed by atoms with E-state index in [-0.39, 0.29) is 5.91 Å². The third kappa shape index (κ3) is 4.46. The van der Waals surface area contributed by atoms with Crippen molar-refractivity contribution in [2.24, 2.45) is 5.73 Å². The quantitative estimate of drug-likeness (QED) is 0.666. The van der Waals surface area contributed by atoms with Crippen LogP contribution in [0.1, 0.15) is 5.56 Å². The van der Waals surface area contributed by atoms with Crippen molar-refractivity contribution in [3.05, 3.63) is 35.9 Å². The number of amides is 1. The Morgan fingerprint density at radius 2 is 1.83 bits per heavy atom. The Kier molecular flexibility index (Phi) is 5.65. The molecular formula is C9H13NO2. The van der Waals surface area contributed by atoms with Gasteiger partial charge in [-0.1, -0.05) is 30.3 Å². The Balaban J connectivity index is 0.000000561. The van der Waals surface area contributed by atoms with Crippen LogP contribution in [-0.2, 0) is 11.2 Å². The van der Waals surface area contributed by atoms with Gasteiger partial charge in [0.15, 0.2) is 0 Å². The molecule has 0 fully saturated rings. The summed E-state index contributed by atoms with van der Waals surface area (Å²) in [5.74, 6) is -0.286. The van der Waals surface area contributed by atoms with Crippen molar-refractivity contribution in [1.82, 2.24) is 0 Å². The average Bonchev–Trinajstić information content (AvgIpc) is 2.08. The number of carbonyl (C=O) groups excluding carboxylic acids is 1. The van der Waals surface area contributed by atoms with Gasteiger partial charge in [-0.05, 0) is 5.56 Å². The van der Waals surface area contributed by atoms with Gasteiger partial charge in [0.05, 0.1) is 6.42 Å². The van der Waals surface area contributed by atoms with Crippen LogP contribution in [0.3, 0.4) is 0 Å². The van der Waals surface area contributed by atoms with Crippen LogP contribution in [0.2, 0.25) is 0 Å². The molecule has 66 valence electrons. The highest BCUT2D eigenvalue weighted by Crippen LogP contribution is 1.97. The Labute approximate surface area is 71.8 Å². The van der Waals surface area contributed by atoms with Crippen LogP contribution in [0.25, 0.3) is 0 Å². The van der Waals surface area contributed by atoms with Gasteiger partial charge in [0, 0.05) is 7.11 Å². The summed E-state index contributed by atoms with van der Waals surface area (Å²) in [6, 6.07) is 9.44. The van der Waals surface area contributed by atoms with Crippen LogP contribution >= 0.6 is 0 Å². The van der Waals surface area contributed by atoms with Gasteiger partial charge >= 0.3 is 0 Å². The maximum absolute atomic E-state index is 10.4. The molecule has 0 saturated heterocycles. The van der Waals surface area contributed by atoms with Gasteiger partial charge in [-0.15, -0.1) is 0 Å². The van der Waals surface area contributed by atoms with Gasteiger partial charge in [0.1, 0.15) is 0 Å². The highest BCUT2D eigenvalue weighted by atomic mass is 16.2. The first-order chi connectivity index (χ1) is 5.79. The zero-order valence-corrected chi connectivity index (χ0v) is 7.03. The van der Waals surface area contributed by atoms with Crippen LogP contribution in [-0.4, -0.2) is 18.1 Å². The number of hydrogen-bond acceptors (Lipinski definition) is 2. The van der Waals surface area contributed by atoms with E-state index < -0.39 is 0 Å². The fraction of sp³-hybridized carbons (Fsp3) is 0.222. The van der Waals surface area contributed by atoms with Crippen LogP contribution in [0.4, 0.5) is 0 Å². The topological polar surface area (TPSA) is 63.3 Å². The molecule has 0 saturated carbocycles. The van der Waals surface area contributed by atoms with E-state index in [2.05, 4.69) is 0 Å². The van der Waals surface area contributed by atoms with Crippen molar-refractivity contribution in [3.8, 4) is 0 Å². The van der Waals surface area contributed by atoms with Gasteiger partial charge in [-0.3, -0.25) is 4.79 Å². The molecule has 0 aliphatic rings. The van der Waals surface area contributed by atoms with E-state index in [0.717, 1.165) is 12.7 Å². The third-order valence-electron chi connectivity index (χ3n) is 1.22. The lowest BCUT2D eigenvalue weighted by Gasteiger charge is -1.93. The lowest BCUT2D eigenvalue weighted by molar-refractivity contribution is -0.117. The molecule has 0 atom stereocenters. The standard InChI is InChI=1S/C8H9NO.CH4O/c9-8(10)6-7-4-2-1-3-5-7;1-2/h1-5H,6H2,(H2,9,10);2H,1H3. The molecule has 0 spiro atoms. The lowest BCUT2D eigenvalue weighted by atomic mass is 10.1. The minimum Gasteiger partial charge on any atom is -0.400 e. The molecule has 0 aliphatic carbocycles. The van der Waals surface area contributed by atoms with Gasteiger partial charge in [-0.25, -0.2) is 0 Å². The van der Waals surface area contributed by atoms with Crippen molar-refractivity contribution in [2.75, 3.05) is 7.11 Å². The predicted octanol–water partition coefficient (Wildman–Crippen LogP) is 0.323. The van der Waals surface area contributed by atoms with Crippen LogP contribution in [0.15, 0.2) is 30.3 Å².